The van der Waals surface area contributed by atoms with Crippen molar-refractivity contribution < 1.29 is 12.8 Å². The first-order valence-corrected chi connectivity index (χ1v) is 9.99. The quantitative estimate of drug-likeness (QED) is 0.804. The fourth-order valence-corrected chi connectivity index (χ4v) is 4.28. The average Bonchev–Trinajstić information content (AvgIpc) is 2.61. The van der Waals surface area contributed by atoms with Crippen LogP contribution in [0.25, 0.3) is 0 Å². The van der Waals surface area contributed by atoms with Crippen LogP contribution in [0.2, 0.25) is 0 Å². The maximum absolute atomic E-state index is 13.3. The lowest BCUT2D eigenvalue weighted by molar-refractivity contribution is 0.251. The second-order valence-electron chi connectivity index (χ2n) is 6.46. The maximum Gasteiger partial charge on any atom is 0.240 e. The number of rotatable bonds is 6. The van der Waals surface area contributed by atoms with Gasteiger partial charge in [0.15, 0.2) is 0 Å². The third-order valence-electron chi connectivity index (χ3n) is 4.59. The van der Waals surface area contributed by atoms with E-state index in [0.29, 0.717) is 12.1 Å². The first-order chi connectivity index (χ1) is 12.0. The highest BCUT2D eigenvalue weighted by molar-refractivity contribution is 7.89. The number of halogens is 1. The highest BCUT2D eigenvalue weighted by Gasteiger charge is 2.17. The second kappa shape index (κ2) is 7.64. The van der Waals surface area contributed by atoms with E-state index in [1.165, 1.54) is 29.3 Å². The fourth-order valence-electron chi connectivity index (χ4n) is 3.12. The van der Waals surface area contributed by atoms with Gasteiger partial charge in [0.25, 0.3) is 0 Å². The molecule has 1 heterocycles. The minimum atomic E-state index is -3.59. The van der Waals surface area contributed by atoms with Crippen LogP contribution in [0.1, 0.15) is 23.1 Å². The summed E-state index contributed by atoms with van der Waals surface area (Å²) >= 11 is 0. The highest BCUT2D eigenvalue weighted by Crippen LogP contribution is 2.18. The topological polar surface area (TPSA) is 49.4 Å². The molecule has 2 aromatic rings. The Morgan fingerprint density at radius 1 is 1.16 bits per heavy atom. The summed E-state index contributed by atoms with van der Waals surface area (Å²) in [5.41, 5.74) is 3.09. The molecule has 25 heavy (non-hydrogen) atoms. The van der Waals surface area contributed by atoms with Gasteiger partial charge in [-0.3, -0.25) is 4.90 Å². The van der Waals surface area contributed by atoms with Crippen molar-refractivity contribution >= 4 is 10.0 Å². The van der Waals surface area contributed by atoms with Crippen LogP contribution in [0.5, 0.6) is 0 Å². The molecule has 0 radical (unpaired) electrons. The van der Waals surface area contributed by atoms with Crippen LogP contribution >= 0.6 is 0 Å². The van der Waals surface area contributed by atoms with E-state index in [0.717, 1.165) is 32.5 Å². The molecule has 6 heteroatoms. The van der Waals surface area contributed by atoms with Crippen LogP contribution < -0.4 is 4.72 Å². The number of hydrogen-bond acceptors (Lipinski definition) is 3. The molecule has 0 atom stereocenters. The van der Waals surface area contributed by atoms with Gasteiger partial charge in [-0.15, -0.1) is 0 Å². The van der Waals surface area contributed by atoms with E-state index in [4.69, 9.17) is 0 Å². The summed E-state index contributed by atoms with van der Waals surface area (Å²) < 4.78 is 40.4. The van der Waals surface area contributed by atoms with Gasteiger partial charge in [-0.25, -0.2) is 17.5 Å². The van der Waals surface area contributed by atoms with Gasteiger partial charge in [-0.05, 0) is 61.2 Å². The molecule has 4 nitrogen and oxygen atoms in total. The lowest BCUT2D eigenvalue weighted by Gasteiger charge is -2.28. The predicted molar refractivity (Wildman–Crippen MR) is 96.4 cm³/mol. The SMILES string of the molecule is Cc1cc(S(=O)(=O)NCCCN2CCc3ccccc3C2)ccc1F. The van der Waals surface area contributed by atoms with Crippen molar-refractivity contribution in [3.8, 4) is 0 Å². The average molecular weight is 362 g/mol. The summed E-state index contributed by atoms with van der Waals surface area (Å²) in [6, 6.07) is 12.3. The van der Waals surface area contributed by atoms with Gasteiger partial charge in [0, 0.05) is 19.6 Å². The summed E-state index contributed by atoms with van der Waals surface area (Å²) in [4.78, 5) is 2.46. The van der Waals surface area contributed by atoms with Crippen LogP contribution in [-0.4, -0.2) is 33.0 Å². The Morgan fingerprint density at radius 2 is 1.92 bits per heavy atom. The van der Waals surface area contributed by atoms with E-state index in [9.17, 15) is 12.8 Å². The third-order valence-corrected chi connectivity index (χ3v) is 6.05. The van der Waals surface area contributed by atoms with Crippen molar-refractivity contribution in [1.82, 2.24) is 9.62 Å². The molecule has 2 aromatic carbocycles. The number of benzene rings is 2. The first kappa shape index (κ1) is 18.0. The normalized spacial score (nSPS) is 15.1. The van der Waals surface area contributed by atoms with Crippen LogP contribution in [0.15, 0.2) is 47.4 Å². The molecule has 0 saturated carbocycles. The van der Waals surface area contributed by atoms with Gasteiger partial charge in [-0.1, -0.05) is 24.3 Å². The van der Waals surface area contributed by atoms with Crippen molar-refractivity contribution in [2.24, 2.45) is 0 Å². The molecule has 134 valence electrons. The summed E-state index contributed by atoms with van der Waals surface area (Å²) in [5, 5.41) is 0. The fraction of sp³-hybridized carbons (Fsp3) is 0.368. The molecular formula is C19H23FN2O2S. The number of fused-ring (bicyclic) bond motifs is 1. The zero-order chi connectivity index (χ0) is 17.9. The van der Waals surface area contributed by atoms with Gasteiger partial charge < -0.3 is 0 Å². The number of sulfonamides is 1. The number of aryl methyl sites for hydroxylation is 1. The number of hydrogen-bond donors (Lipinski definition) is 1. The van der Waals surface area contributed by atoms with E-state index in [2.05, 4.69) is 33.9 Å². The molecule has 1 N–H and O–H groups in total. The minimum absolute atomic E-state index is 0.110. The maximum atomic E-state index is 13.3. The molecule has 0 unspecified atom stereocenters. The molecular weight excluding hydrogens is 339 g/mol. The van der Waals surface area contributed by atoms with E-state index < -0.39 is 15.8 Å². The summed E-state index contributed by atoms with van der Waals surface area (Å²) in [6.07, 6.45) is 1.78. The molecule has 0 fully saturated rings. The standard InChI is InChI=1S/C19H23FN2O2S/c1-15-13-18(7-8-19(15)20)25(23,24)21-10-4-11-22-12-9-16-5-2-3-6-17(16)14-22/h2-3,5-8,13,21H,4,9-12,14H2,1H3. The molecule has 1 aliphatic rings. The Balaban J connectivity index is 1.49. The highest BCUT2D eigenvalue weighted by atomic mass is 32.2. The summed E-state index contributed by atoms with van der Waals surface area (Å²) in [7, 11) is -3.59. The monoisotopic (exact) mass is 362 g/mol. The summed E-state index contributed by atoms with van der Waals surface area (Å²) in [5.74, 6) is -0.399. The van der Waals surface area contributed by atoms with Crippen LogP contribution in [-0.2, 0) is 23.0 Å². The van der Waals surface area contributed by atoms with Gasteiger partial charge in [-0.2, -0.15) is 0 Å². The number of nitrogens with one attached hydrogen (secondary N) is 1. The van der Waals surface area contributed by atoms with Crippen LogP contribution in [0.3, 0.4) is 0 Å². The first-order valence-electron chi connectivity index (χ1n) is 8.51. The number of nitrogens with zero attached hydrogens (tertiary/aromatic N) is 1. The Hall–Kier alpha value is -1.76. The lowest BCUT2D eigenvalue weighted by atomic mass is 10.00. The van der Waals surface area contributed by atoms with Crippen LogP contribution in [0.4, 0.5) is 4.39 Å². The van der Waals surface area contributed by atoms with Gasteiger partial charge >= 0.3 is 0 Å². The third kappa shape index (κ3) is 4.45. The zero-order valence-electron chi connectivity index (χ0n) is 14.3. The van der Waals surface area contributed by atoms with Crippen molar-refractivity contribution in [3.05, 3.63) is 65.0 Å². The Labute approximate surface area is 148 Å². The molecule has 0 spiro atoms. The van der Waals surface area contributed by atoms with Gasteiger partial charge in [0.05, 0.1) is 4.90 Å². The van der Waals surface area contributed by atoms with Crippen molar-refractivity contribution in [1.29, 1.82) is 0 Å². The van der Waals surface area contributed by atoms with E-state index >= 15 is 0 Å². The Morgan fingerprint density at radius 3 is 2.68 bits per heavy atom. The van der Waals surface area contributed by atoms with Crippen molar-refractivity contribution in [2.75, 3.05) is 19.6 Å². The minimum Gasteiger partial charge on any atom is -0.299 e. The molecule has 0 bridgehead atoms. The van der Waals surface area contributed by atoms with E-state index in [1.54, 1.807) is 6.92 Å². The van der Waals surface area contributed by atoms with E-state index in [1.807, 2.05) is 0 Å². The molecule has 0 aliphatic carbocycles. The second-order valence-corrected chi connectivity index (χ2v) is 8.22. The van der Waals surface area contributed by atoms with Crippen molar-refractivity contribution in [2.45, 2.75) is 31.2 Å². The van der Waals surface area contributed by atoms with Gasteiger partial charge in [0.2, 0.25) is 10.0 Å². The zero-order valence-corrected chi connectivity index (χ0v) is 15.2. The van der Waals surface area contributed by atoms with Gasteiger partial charge in [0.1, 0.15) is 5.82 Å². The van der Waals surface area contributed by atoms with Crippen molar-refractivity contribution in [3.63, 3.8) is 0 Å². The Kier molecular flexibility index (Phi) is 5.51. The smallest absolute Gasteiger partial charge is 0.240 e. The lowest BCUT2D eigenvalue weighted by Crippen LogP contribution is -2.33. The molecule has 1 aliphatic heterocycles. The Bertz CT molecular complexity index is 852. The van der Waals surface area contributed by atoms with Crippen LogP contribution in [0, 0.1) is 12.7 Å². The summed E-state index contributed by atoms with van der Waals surface area (Å²) in [6.45, 7) is 4.69. The molecule has 3 rings (SSSR count). The molecule has 0 amide bonds. The predicted octanol–water partition coefficient (Wildman–Crippen LogP) is 2.86. The molecule has 0 aromatic heterocycles. The van der Waals surface area contributed by atoms with E-state index in [-0.39, 0.29) is 4.90 Å². The molecule has 0 saturated heterocycles. The largest absolute Gasteiger partial charge is 0.299 e.